The SMILES string of the molecule is Cc1cnc(N)c2c(COc3cccc(OCc4cccc(F)c4F)c3)csc12. The minimum absolute atomic E-state index is 0.0797. The second kappa shape index (κ2) is 8.05. The van der Waals surface area contributed by atoms with Crippen molar-refractivity contribution in [2.45, 2.75) is 20.1 Å². The Morgan fingerprint density at radius 1 is 1.00 bits per heavy atom. The summed E-state index contributed by atoms with van der Waals surface area (Å²) in [7, 11) is 0. The molecule has 0 aliphatic rings. The zero-order chi connectivity index (χ0) is 20.4. The van der Waals surface area contributed by atoms with Crippen LogP contribution in [-0.4, -0.2) is 4.98 Å². The molecule has 0 bridgehead atoms. The number of pyridine rings is 1. The summed E-state index contributed by atoms with van der Waals surface area (Å²) < 4.78 is 39.7. The first-order chi connectivity index (χ1) is 14.0. The molecule has 2 heterocycles. The number of ether oxygens (including phenoxy) is 2. The van der Waals surface area contributed by atoms with Crippen LogP contribution < -0.4 is 15.2 Å². The Morgan fingerprint density at radius 3 is 2.45 bits per heavy atom. The van der Waals surface area contributed by atoms with Gasteiger partial charge in [0.1, 0.15) is 30.5 Å². The summed E-state index contributed by atoms with van der Waals surface area (Å²) in [5, 5.41) is 2.94. The highest BCUT2D eigenvalue weighted by atomic mass is 32.1. The number of fused-ring (bicyclic) bond motifs is 1. The third-order valence-electron chi connectivity index (χ3n) is 4.50. The molecule has 0 unspecified atom stereocenters. The van der Waals surface area contributed by atoms with Gasteiger partial charge in [0.15, 0.2) is 11.6 Å². The molecule has 0 fully saturated rings. The third kappa shape index (κ3) is 4.00. The molecule has 4 nitrogen and oxygen atoms in total. The average molecular weight is 412 g/mol. The molecule has 148 valence electrons. The van der Waals surface area contributed by atoms with E-state index in [1.807, 2.05) is 12.3 Å². The fourth-order valence-electron chi connectivity index (χ4n) is 3.00. The number of aryl methyl sites for hydroxylation is 1. The van der Waals surface area contributed by atoms with Crippen molar-refractivity contribution in [1.29, 1.82) is 0 Å². The van der Waals surface area contributed by atoms with Crippen molar-refractivity contribution in [3.8, 4) is 11.5 Å². The molecule has 0 spiro atoms. The lowest BCUT2D eigenvalue weighted by atomic mass is 10.1. The highest BCUT2D eigenvalue weighted by Crippen LogP contribution is 2.33. The van der Waals surface area contributed by atoms with Crippen LogP contribution in [0, 0.1) is 18.6 Å². The highest BCUT2D eigenvalue weighted by molar-refractivity contribution is 7.17. The maximum Gasteiger partial charge on any atom is 0.165 e. The van der Waals surface area contributed by atoms with Crippen molar-refractivity contribution in [1.82, 2.24) is 4.98 Å². The summed E-state index contributed by atoms with van der Waals surface area (Å²) in [5.41, 5.74) is 8.24. The number of aromatic nitrogens is 1. The van der Waals surface area contributed by atoms with Crippen LogP contribution in [0.25, 0.3) is 10.1 Å². The number of hydrogen-bond acceptors (Lipinski definition) is 5. The lowest BCUT2D eigenvalue weighted by Gasteiger charge is -2.10. The van der Waals surface area contributed by atoms with Gasteiger partial charge < -0.3 is 15.2 Å². The number of thiophene rings is 1. The molecule has 2 aromatic heterocycles. The summed E-state index contributed by atoms with van der Waals surface area (Å²) in [6, 6.07) is 11.0. The number of halogens is 2. The zero-order valence-electron chi connectivity index (χ0n) is 15.6. The summed E-state index contributed by atoms with van der Waals surface area (Å²) >= 11 is 1.61. The number of rotatable bonds is 6. The maximum atomic E-state index is 13.8. The molecule has 0 atom stereocenters. The van der Waals surface area contributed by atoms with Crippen molar-refractivity contribution < 1.29 is 18.3 Å². The first kappa shape index (κ1) is 19.1. The largest absolute Gasteiger partial charge is 0.489 e. The van der Waals surface area contributed by atoms with E-state index >= 15 is 0 Å². The van der Waals surface area contributed by atoms with E-state index in [0.29, 0.717) is 23.9 Å². The normalized spacial score (nSPS) is 11.0. The van der Waals surface area contributed by atoms with Gasteiger partial charge in [0, 0.05) is 33.5 Å². The molecule has 4 rings (SSSR count). The number of nitrogen functional groups attached to an aromatic ring is 1. The van der Waals surface area contributed by atoms with Gasteiger partial charge in [0.25, 0.3) is 0 Å². The van der Waals surface area contributed by atoms with Gasteiger partial charge in [-0.1, -0.05) is 18.2 Å². The van der Waals surface area contributed by atoms with E-state index in [2.05, 4.69) is 4.98 Å². The monoisotopic (exact) mass is 412 g/mol. The van der Waals surface area contributed by atoms with Crippen LogP contribution in [0.5, 0.6) is 11.5 Å². The van der Waals surface area contributed by atoms with E-state index < -0.39 is 11.6 Å². The van der Waals surface area contributed by atoms with Crippen LogP contribution in [0.2, 0.25) is 0 Å². The smallest absolute Gasteiger partial charge is 0.165 e. The minimum Gasteiger partial charge on any atom is -0.489 e. The lowest BCUT2D eigenvalue weighted by Crippen LogP contribution is -2.01. The molecule has 2 aromatic carbocycles. The zero-order valence-corrected chi connectivity index (χ0v) is 16.4. The van der Waals surface area contributed by atoms with Gasteiger partial charge >= 0.3 is 0 Å². The Balaban J connectivity index is 1.46. The van der Waals surface area contributed by atoms with E-state index in [4.69, 9.17) is 15.2 Å². The van der Waals surface area contributed by atoms with Crippen LogP contribution in [0.15, 0.2) is 54.0 Å². The number of nitrogens with zero attached hydrogens (tertiary/aromatic N) is 1. The molecule has 0 aliphatic heterocycles. The quantitative estimate of drug-likeness (QED) is 0.446. The maximum absolute atomic E-state index is 13.8. The van der Waals surface area contributed by atoms with Crippen molar-refractivity contribution in [2.24, 2.45) is 0 Å². The fourth-order valence-corrected chi connectivity index (χ4v) is 4.03. The van der Waals surface area contributed by atoms with Gasteiger partial charge in [-0.15, -0.1) is 11.3 Å². The van der Waals surface area contributed by atoms with Gasteiger partial charge in [-0.3, -0.25) is 0 Å². The van der Waals surface area contributed by atoms with Gasteiger partial charge in [0.2, 0.25) is 0 Å². The van der Waals surface area contributed by atoms with Crippen molar-refractivity contribution in [3.05, 3.63) is 82.4 Å². The fraction of sp³-hybridized carbons (Fsp3) is 0.136. The van der Waals surface area contributed by atoms with E-state index in [0.717, 1.165) is 27.3 Å². The predicted octanol–water partition coefficient (Wildman–Crippen LogP) is 5.62. The number of nitrogens with two attached hydrogens (primary N) is 1. The first-order valence-electron chi connectivity index (χ1n) is 8.92. The van der Waals surface area contributed by atoms with Gasteiger partial charge in [-0.05, 0) is 36.1 Å². The lowest BCUT2D eigenvalue weighted by molar-refractivity contribution is 0.286. The molecule has 0 radical (unpaired) electrons. The average Bonchev–Trinajstić information content (AvgIpc) is 3.16. The first-order valence-corrected chi connectivity index (χ1v) is 9.80. The Bertz CT molecular complexity index is 1180. The van der Waals surface area contributed by atoms with Gasteiger partial charge in [-0.2, -0.15) is 0 Å². The van der Waals surface area contributed by atoms with Gasteiger partial charge in [0.05, 0.1) is 0 Å². The van der Waals surface area contributed by atoms with Gasteiger partial charge in [-0.25, -0.2) is 13.8 Å². The van der Waals surface area contributed by atoms with Crippen molar-refractivity contribution >= 4 is 27.2 Å². The molecular formula is C22H18F2N2O2S. The number of benzene rings is 2. The number of anilines is 1. The van der Waals surface area contributed by atoms with Crippen molar-refractivity contribution in [3.63, 3.8) is 0 Å². The molecule has 0 amide bonds. The highest BCUT2D eigenvalue weighted by Gasteiger charge is 2.12. The molecule has 2 N–H and O–H groups in total. The standard InChI is InChI=1S/C22H18F2N2O2S/c1-13-9-26-22(25)19-15(12-29-21(13)19)11-28-17-6-3-5-16(8-17)27-10-14-4-2-7-18(23)20(14)24/h2-9,12H,10-11H2,1H3,(H2,25,26). The Labute approximate surface area is 170 Å². The topological polar surface area (TPSA) is 57.4 Å². The minimum atomic E-state index is -0.897. The van der Waals surface area contributed by atoms with Crippen molar-refractivity contribution in [2.75, 3.05) is 5.73 Å². The van der Waals surface area contributed by atoms with Crippen LogP contribution >= 0.6 is 11.3 Å². The molecule has 29 heavy (non-hydrogen) atoms. The summed E-state index contributed by atoms with van der Waals surface area (Å²) in [4.78, 5) is 4.23. The van der Waals surface area contributed by atoms with E-state index in [9.17, 15) is 8.78 Å². The van der Waals surface area contributed by atoms with Crippen LogP contribution in [0.1, 0.15) is 16.7 Å². The Morgan fingerprint density at radius 2 is 1.69 bits per heavy atom. The second-order valence-corrected chi connectivity index (χ2v) is 7.44. The van der Waals surface area contributed by atoms with E-state index in [-0.39, 0.29) is 12.2 Å². The molecule has 4 aromatic rings. The molecule has 7 heteroatoms. The Kier molecular flexibility index (Phi) is 5.31. The third-order valence-corrected chi connectivity index (χ3v) is 5.67. The summed E-state index contributed by atoms with van der Waals surface area (Å²) in [6.07, 6.45) is 1.76. The summed E-state index contributed by atoms with van der Waals surface area (Å²) in [5.74, 6) is -0.209. The number of hydrogen-bond donors (Lipinski definition) is 1. The van der Waals surface area contributed by atoms with Crippen LogP contribution in [-0.2, 0) is 13.2 Å². The molecular weight excluding hydrogens is 394 g/mol. The van der Waals surface area contributed by atoms with E-state index in [1.54, 1.807) is 41.8 Å². The van der Waals surface area contributed by atoms with E-state index in [1.165, 1.54) is 12.1 Å². The molecule has 0 saturated carbocycles. The Hall–Kier alpha value is -3.19. The molecule has 0 saturated heterocycles. The second-order valence-electron chi connectivity index (χ2n) is 6.56. The summed E-state index contributed by atoms with van der Waals surface area (Å²) in [6.45, 7) is 2.25. The predicted molar refractivity (Wildman–Crippen MR) is 110 cm³/mol. The molecule has 0 aliphatic carbocycles. The van der Waals surface area contributed by atoms with Crippen LogP contribution in [0.3, 0.4) is 0 Å². The van der Waals surface area contributed by atoms with Crippen LogP contribution in [0.4, 0.5) is 14.6 Å².